The highest BCUT2D eigenvalue weighted by molar-refractivity contribution is 9.10. The molecular formula is C31H36BrN3O4S. The number of carbonyl (C=O) groups excluding carboxylic acids is 2. The summed E-state index contributed by atoms with van der Waals surface area (Å²) in [6, 6.07) is 23.4. The fraction of sp³-hybridized carbons (Fsp3) is 0.355. The number of nitrogens with zero attached hydrogens (tertiary/aromatic N) is 2. The maximum Gasteiger partial charge on any atom is 0.244 e. The molecule has 4 rings (SSSR count). The lowest BCUT2D eigenvalue weighted by Crippen LogP contribution is -2.54. The number of hydrogen-bond donors (Lipinski definition) is 1. The molecule has 7 nitrogen and oxygen atoms in total. The third-order valence-electron chi connectivity index (χ3n) is 7.20. The van der Waals surface area contributed by atoms with Crippen LogP contribution < -0.4 is 9.62 Å². The monoisotopic (exact) mass is 625 g/mol. The van der Waals surface area contributed by atoms with Gasteiger partial charge >= 0.3 is 0 Å². The highest BCUT2D eigenvalue weighted by Gasteiger charge is 2.34. The van der Waals surface area contributed by atoms with Crippen LogP contribution in [0, 0.1) is 6.92 Å². The number of hydrogen-bond acceptors (Lipinski definition) is 4. The number of nitrogens with one attached hydrogen (secondary N) is 1. The molecule has 1 fully saturated rings. The van der Waals surface area contributed by atoms with Gasteiger partial charge in [-0.3, -0.25) is 13.9 Å². The molecule has 0 heterocycles. The molecule has 0 radical (unpaired) electrons. The van der Waals surface area contributed by atoms with E-state index in [1.54, 1.807) is 29.2 Å². The first-order chi connectivity index (χ1) is 19.1. The molecule has 1 unspecified atom stereocenters. The Balaban J connectivity index is 1.72. The quantitative estimate of drug-likeness (QED) is 0.316. The van der Waals surface area contributed by atoms with Crippen LogP contribution in [0.3, 0.4) is 0 Å². The molecule has 212 valence electrons. The maximum atomic E-state index is 14.1. The van der Waals surface area contributed by atoms with E-state index in [9.17, 15) is 18.0 Å². The van der Waals surface area contributed by atoms with Gasteiger partial charge < -0.3 is 10.2 Å². The number of anilines is 1. The number of aryl methyl sites for hydroxylation is 1. The van der Waals surface area contributed by atoms with Crippen LogP contribution in [0.25, 0.3) is 0 Å². The molecule has 0 spiro atoms. The molecule has 0 bridgehead atoms. The van der Waals surface area contributed by atoms with Crippen LogP contribution in [0.2, 0.25) is 0 Å². The fourth-order valence-electron chi connectivity index (χ4n) is 5.15. The Hall–Kier alpha value is -3.17. The van der Waals surface area contributed by atoms with Crippen molar-refractivity contribution in [3.05, 3.63) is 100 Å². The SMILES string of the molecule is Cc1cccc(CN(C(=O)CN(c2ccc(Br)cc2)S(C)(=O)=O)C(Cc2ccccc2)C(=O)NC2CCCC2)c1. The minimum Gasteiger partial charge on any atom is -0.352 e. The second kappa shape index (κ2) is 13.5. The van der Waals surface area contributed by atoms with E-state index in [1.165, 1.54) is 0 Å². The van der Waals surface area contributed by atoms with Crippen molar-refractivity contribution in [3.63, 3.8) is 0 Å². The maximum absolute atomic E-state index is 14.1. The zero-order chi connectivity index (χ0) is 28.7. The standard InChI is InChI=1S/C31H36BrN3O4S/c1-23-9-8-12-25(19-23)21-34(30(36)22-35(40(2,38)39)28-17-15-26(32)16-18-28)29(20-24-10-4-3-5-11-24)31(37)33-27-13-6-7-14-27/h3-5,8-12,15-19,27,29H,6-7,13-14,20-22H2,1-2H3,(H,33,37). The molecule has 1 aliphatic rings. The molecule has 1 N–H and O–H groups in total. The van der Waals surface area contributed by atoms with E-state index >= 15 is 0 Å². The van der Waals surface area contributed by atoms with Gasteiger partial charge in [0, 0.05) is 23.5 Å². The summed E-state index contributed by atoms with van der Waals surface area (Å²) < 4.78 is 27.6. The number of sulfonamides is 1. The molecule has 1 atom stereocenters. The Morgan fingerprint density at radius 2 is 1.60 bits per heavy atom. The lowest BCUT2D eigenvalue weighted by Gasteiger charge is -2.34. The number of amides is 2. The smallest absolute Gasteiger partial charge is 0.244 e. The van der Waals surface area contributed by atoms with Gasteiger partial charge in [-0.1, -0.05) is 88.9 Å². The van der Waals surface area contributed by atoms with Crippen LogP contribution in [-0.4, -0.2) is 50.0 Å². The summed E-state index contributed by atoms with van der Waals surface area (Å²) >= 11 is 3.38. The number of benzene rings is 3. The van der Waals surface area contributed by atoms with Crippen LogP contribution in [-0.2, 0) is 32.6 Å². The van der Waals surface area contributed by atoms with Crippen molar-refractivity contribution in [2.45, 2.75) is 57.7 Å². The van der Waals surface area contributed by atoms with Crippen LogP contribution in [0.15, 0.2) is 83.3 Å². The van der Waals surface area contributed by atoms with Crippen LogP contribution in [0.5, 0.6) is 0 Å². The predicted octanol–water partition coefficient (Wildman–Crippen LogP) is 5.22. The highest BCUT2D eigenvalue weighted by atomic mass is 79.9. The van der Waals surface area contributed by atoms with Gasteiger partial charge in [0.1, 0.15) is 12.6 Å². The Morgan fingerprint density at radius 3 is 2.23 bits per heavy atom. The van der Waals surface area contributed by atoms with E-state index in [2.05, 4.69) is 21.2 Å². The fourth-order valence-corrected chi connectivity index (χ4v) is 6.26. The van der Waals surface area contributed by atoms with Gasteiger partial charge in [0.25, 0.3) is 0 Å². The van der Waals surface area contributed by atoms with Gasteiger partial charge in [0.2, 0.25) is 21.8 Å². The largest absolute Gasteiger partial charge is 0.352 e. The number of carbonyl (C=O) groups is 2. The third-order valence-corrected chi connectivity index (χ3v) is 8.87. The van der Waals surface area contributed by atoms with Gasteiger partial charge in [-0.2, -0.15) is 0 Å². The summed E-state index contributed by atoms with van der Waals surface area (Å²) in [5, 5.41) is 3.18. The normalized spacial score (nSPS) is 14.5. The number of rotatable bonds is 11. The Morgan fingerprint density at radius 1 is 0.950 bits per heavy atom. The summed E-state index contributed by atoms with van der Waals surface area (Å²) in [4.78, 5) is 29.5. The lowest BCUT2D eigenvalue weighted by molar-refractivity contribution is -0.140. The highest BCUT2D eigenvalue weighted by Crippen LogP contribution is 2.23. The van der Waals surface area contributed by atoms with Crippen molar-refractivity contribution in [2.24, 2.45) is 0 Å². The van der Waals surface area contributed by atoms with Crippen molar-refractivity contribution in [1.29, 1.82) is 0 Å². The van der Waals surface area contributed by atoms with E-state index in [0.29, 0.717) is 12.1 Å². The van der Waals surface area contributed by atoms with Crippen LogP contribution in [0.4, 0.5) is 5.69 Å². The summed E-state index contributed by atoms with van der Waals surface area (Å²) in [5.74, 6) is -0.663. The van der Waals surface area contributed by atoms with Crippen molar-refractivity contribution < 1.29 is 18.0 Å². The molecule has 1 aliphatic carbocycles. The molecule has 0 aromatic heterocycles. The first-order valence-corrected chi connectivity index (χ1v) is 16.2. The Bertz CT molecular complexity index is 1410. The Kier molecular flexibility index (Phi) is 10.0. The van der Waals surface area contributed by atoms with E-state index in [1.807, 2.05) is 61.5 Å². The van der Waals surface area contributed by atoms with Gasteiger partial charge in [0.05, 0.1) is 11.9 Å². The molecule has 9 heteroatoms. The molecule has 3 aromatic carbocycles. The predicted molar refractivity (Wildman–Crippen MR) is 162 cm³/mol. The molecule has 3 aromatic rings. The van der Waals surface area contributed by atoms with Crippen molar-refractivity contribution in [3.8, 4) is 0 Å². The van der Waals surface area contributed by atoms with Crippen molar-refractivity contribution in [2.75, 3.05) is 17.1 Å². The Labute approximate surface area is 245 Å². The van der Waals surface area contributed by atoms with Gasteiger partial charge in [-0.15, -0.1) is 0 Å². The van der Waals surface area contributed by atoms with E-state index in [-0.39, 0.29) is 18.5 Å². The zero-order valence-electron chi connectivity index (χ0n) is 22.9. The molecule has 0 saturated heterocycles. The molecule has 0 aliphatic heterocycles. The lowest BCUT2D eigenvalue weighted by atomic mass is 10.0. The van der Waals surface area contributed by atoms with E-state index < -0.39 is 28.5 Å². The second-order valence-corrected chi connectivity index (χ2v) is 13.3. The zero-order valence-corrected chi connectivity index (χ0v) is 25.3. The van der Waals surface area contributed by atoms with Gasteiger partial charge in [-0.05, 0) is 55.2 Å². The van der Waals surface area contributed by atoms with Crippen molar-refractivity contribution >= 4 is 43.5 Å². The number of halogens is 1. The average Bonchev–Trinajstić information content (AvgIpc) is 3.43. The third kappa shape index (κ3) is 8.17. The topological polar surface area (TPSA) is 86.8 Å². The van der Waals surface area contributed by atoms with Crippen LogP contribution >= 0.6 is 15.9 Å². The van der Waals surface area contributed by atoms with Gasteiger partial charge in [0.15, 0.2) is 0 Å². The van der Waals surface area contributed by atoms with Crippen LogP contribution in [0.1, 0.15) is 42.4 Å². The summed E-state index contributed by atoms with van der Waals surface area (Å²) in [5.41, 5.74) is 3.20. The first kappa shape index (κ1) is 29.8. The van der Waals surface area contributed by atoms with E-state index in [4.69, 9.17) is 0 Å². The molecule has 2 amide bonds. The average molecular weight is 627 g/mol. The second-order valence-electron chi connectivity index (χ2n) is 10.5. The minimum atomic E-state index is -3.79. The summed E-state index contributed by atoms with van der Waals surface area (Å²) in [6.07, 6.45) is 5.37. The minimum absolute atomic E-state index is 0.0805. The summed E-state index contributed by atoms with van der Waals surface area (Å²) in [7, 11) is -3.79. The molecule has 40 heavy (non-hydrogen) atoms. The first-order valence-electron chi connectivity index (χ1n) is 13.5. The molecular weight excluding hydrogens is 590 g/mol. The van der Waals surface area contributed by atoms with Crippen molar-refractivity contribution in [1.82, 2.24) is 10.2 Å². The summed E-state index contributed by atoms with van der Waals surface area (Å²) in [6.45, 7) is 1.73. The van der Waals surface area contributed by atoms with Gasteiger partial charge in [-0.25, -0.2) is 8.42 Å². The molecule has 1 saturated carbocycles. The van der Waals surface area contributed by atoms with E-state index in [0.717, 1.165) is 57.4 Å².